The molecule has 7 heteroatoms. The minimum absolute atomic E-state index is 0.228. The predicted octanol–water partition coefficient (Wildman–Crippen LogP) is 2.83. The second kappa shape index (κ2) is 7.78. The van der Waals surface area contributed by atoms with Crippen LogP contribution in [0.3, 0.4) is 0 Å². The molecule has 2 aromatic rings. The number of ether oxygens (including phenoxy) is 2. The fourth-order valence-electron chi connectivity index (χ4n) is 3.34. The largest absolute Gasteiger partial charge is 0.495 e. The first-order valence-electron chi connectivity index (χ1n) is 8.91. The Morgan fingerprint density at radius 2 is 1.37 bits per heavy atom. The van der Waals surface area contributed by atoms with Gasteiger partial charge < -0.3 is 14.4 Å². The molecule has 1 heterocycles. The molecule has 1 saturated heterocycles. The summed E-state index contributed by atoms with van der Waals surface area (Å²) in [6, 6.07) is 11.3. The van der Waals surface area contributed by atoms with Gasteiger partial charge in [0.1, 0.15) is 16.4 Å². The Morgan fingerprint density at radius 3 is 1.96 bits per heavy atom. The third-order valence-corrected chi connectivity index (χ3v) is 6.77. The minimum atomic E-state index is -3.61. The molecule has 1 aliphatic heterocycles. The van der Waals surface area contributed by atoms with Gasteiger partial charge in [-0.05, 0) is 49.2 Å². The van der Waals surface area contributed by atoms with E-state index in [0.29, 0.717) is 31.9 Å². The average molecular weight is 391 g/mol. The highest BCUT2D eigenvalue weighted by atomic mass is 32.2. The quantitative estimate of drug-likeness (QED) is 0.786. The Labute approximate surface area is 161 Å². The summed E-state index contributed by atoms with van der Waals surface area (Å²) in [4.78, 5) is 2.40. The summed E-state index contributed by atoms with van der Waals surface area (Å²) in [6.45, 7) is 5.95. The smallest absolute Gasteiger partial charge is 0.246 e. The zero-order chi connectivity index (χ0) is 19.6. The van der Waals surface area contributed by atoms with Crippen LogP contribution in [0.4, 0.5) is 5.69 Å². The molecular formula is C20H26N2O4S. The van der Waals surface area contributed by atoms with Gasteiger partial charge in [0.05, 0.1) is 19.9 Å². The van der Waals surface area contributed by atoms with Crippen LogP contribution in [0.5, 0.6) is 11.5 Å². The lowest BCUT2D eigenvalue weighted by Gasteiger charge is -2.36. The molecule has 2 aromatic carbocycles. The summed E-state index contributed by atoms with van der Waals surface area (Å²) < 4.78 is 38.6. The van der Waals surface area contributed by atoms with Gasteiger partial charge in [0.2, 0.25) is 10.0 Å². The monoisotopic (exact) mass is 390 g/mol. The number of sulfonamides is 1. The Morgan fingerprint density at radius 1 is 0.815 bits per heavy atom. The molecule has 0 amide bonds. The maximum absolute atomic E-state index is 13.1. The summed E-state index contributed by atoms with van der Waals surface area (Å²) >= 11 is 0. The van der Waals surface area contributed by atoms with Gasteiger partial charge >= 0.3 is 0 Å². The Hall–Kier alpha value is -2.25. The highest BCUT2D eigenvalue weighted by molar-refractivity contribution is 7.89. The zero-order valence-electron chi connectivity index (χ0n) is 16.2. The van der Waals surface area contributed by atoms with Crippen molar-refractivity contribution in [2.24, 2.45) is 0 Å². The van der Waals surface area contributed by atoms with E-state index in [1.54, 1.807) is 19.2 Å². The lowest BCUT2D eigenvalue weighted by molar-refractivity contribution is 0.370. The number of rotatable bonds is 5. The van der Waals surface area contributed by atoms with Crippen LogP contribution < -0.4 is 14.4 Å². The van der Waals surface area contributed by atoms with E-state index in [0.717, 1.165) is 22.6 Å². The molecule has 0 atom stereocenters. The van der Waals surface area contributed by atoms with Gasteiger partial charge in [0.25, 0.3) is 0 Å². The zero-order valence-corrected chi connectivity index (χ0v) is 17.0. The fraction of sp³-hybridized carbons (Fsp3) is 0.400. The Balaban J connectivity index is 1.82. The predicted molar refractivity (Wildman–Crippen MR) is 106 cm³/mol. The van der Waals surface area contributed by atoms with Crippen molar-refractivity contribution in [1.29, 1.82) is 0 Å². The van der Waals surface area contributed by atoms with E-state index in [9.17, 15) is 8.42 Å². The number of hydrogen-bond donors (Lipinski definition) is 0. The lowest BCUT2D eigenvalue weighted by atomic mass is 10.1. The van der Waals surface area contributed by atoms with Crippen molar-refractivity contribution >= 4 is 15.7 Å². The summed E-state index contributed by atoms with van der Waals surface area (Å²) in [6.07, 6.45) is 0. The number of methoxy groups -OCH3 is 2. The first-order chi connectivity index (χ1) is 12.9. The average Bonchev–Trinajstić information content (AvgIpc) is 2.68. The second-order valence-electron chi connectivity index (χ2n) is 6.72. The minimum Gasteiger partial charge on any atom is -0.495 e. The first kappa shape index (κ1) is 19.5. The van der Waals surface area contributed by atoms with Gasteiger partial charge in [-0.25, -0.2) is 8.42 Å². The van der Waals surface area contributed by atoms with Crippen molar-refractivity contribution in [1.82, 2.24) is 4.31 Å². The maximum Gasteiger partial charge on any atom is 0.246 e. The SMILES string of the molecule is COc1ccc(C)cc1N1CCN(S(=O)(=O)c2cc(C)ccc2OC)CC1. The molecular weight excluding hydrogens is 364 g/mol. The van der Waals surface area contributed by atoms with E-state index < -0.39 is 10.0 Å². The van der Waals surface area contributed by atoms with E-state index in [2.05, 4.69) is 11.0 Å². The number of nitrogens with zero attached hydrogens (tertiary/aromatic N) is 2. The van der Waals surface area contributed by atoms with E-state index in [1.165, 1.54) is 11.4 Å². The van der Waals surface area contributed by atoms with Gasteiger partial charge in [0.15, 0.2) is 0 Å². The summed E-state index contributed by atoms with van der Waals surface area (Å²) in [7, 11) is -0.463. The van der Waals surface area contributed by atoms with Gasteiger partial charge in [-0.15, -0.1) is 0 Å². The number of benzene rings is 2. The molecule has 0 bridgehead atoms. The molecule has 0 radical (unpaired) electrons. The van der Waals surface area contributed by atoms with Crippen LogP contribution in [0.25, 0.3) is 0 Å². The van der Waals surface area contributed by atoms with Gasteiger partial charge in [-0.1, -0.05) is 12.1 Å². The highest BCUT2D eigenvalue weighted by Gasteiger charge is 2.31. The van der Waals surface area contributed by atoms with Crippen LogP contribution >= 0.6 is 0 Å². The van der Waals surface area contributed by atoms with Crippen LogP contribution in [0.2, 0.25) is 0 Å². The number of piperazine rings is 1. The molecule has 6 nitrogen and oxygen atoms in total. The molecule has 1 fully saturated rings. The third-order valence-electron chi connectivity index (χ3n) is 4.85. The van der Waals surface area contributed by atoms with Crippen LogP contribution in [0.15, 0.2) is 41.3 Å². The van der Waals surface area contributed by atoms with Crippen LogP contribution in [0, 0.1) is 13.8 Å². The molecule has 3 rings (SSSR count). The molecule has 0 spiro atoms. The van der Waals surface area contributed by atoms with Crippen LogP contribution in [-0.4, -0.2) is 53.1 Å². The standard InChI is InChI=1S/C20H26N2O4S/c1-15-5-7-18(25-3)17(13-15)21-9-11-22(12-10-21)27(23,24)20-14-16(2)6-8-19(20)26-4/h5-8,13-14H,9-12H2,1-4H3. The number of aryl methyl sites for hydroxylation is 2. The van der Waals surface area contributed by atoms with E-state index >= 15 is 0 Å². The summed E-state index contributed by atoms with van der Waals surface area (Å²) in [5, 5.41) is 0. The molecule has 0 aromatic heterocycles. The molecule has 27 heavy (non-hydrogen) atoms. The van der Waals surface area contributed by atoms with Crippen molar-refractivity contribution < 1.29 is 17.9 Å². The molecule has 0 aliphatic carbocycles. The van der Waals surface area contributed by atoms with Gasteiger partial charge in [-0.3, -0.25) is 0 Å². The topological polar surface area (TPSA) is 59.1 Å². The van der Waals surface area contributed by atoms with E-state index in [1.807, 2.05) is 32.0 Å². The normalized spacial score (nSPS) is 15.6. The second-order valence-corrected chi connectivity index (χ2v) is 8.63. The Bertz CT molecular complexity index is 920. The van der Waals surface area contributed by atoms with Crippen molar-refractivity contribution in [3.8, 4) is 11.5 Å². The van der Waals surface area contributed by atoms with Gasteiger partial charge in [0, 0.05) is 26.2 Å². The molecule has 146 valence electrons. The number of hydrogen-bond acceptors (Lipinski definition) is 5. The Kier molecular flexibility index (Phi) is 5.62. The molecule has 0 unspecified atom stereocenters. The fourth-order valence-corrected chi connectivity index (χ4v) is 5.00. The van der Waals surface area contributed by atoms with E-state index in [-0.39, 0.29) is 4.90 Å². The summed E-state index contributed by atoms with van der Waals surface area (Å²) in [5.41, 5.74) is 3.03. The van der Waals surface area contributed by atoms with Crippen molar-refractivity contribution in [3.63, 3.8) is 0 Å². The molecule has 0 N–H and O–H groups in total. The number of anilines is 1. The third kappa shape index (κ3) is 3.89. The van der Waals surface area contributed by atoms with Crippen molar-refractivity contribution in [2.45, 2.75) is 18.7 Å². The highest BCUT2D eigenvalue weighted by Crippen LogP contribution is 2.32. The molecule has 1 aliphatic rings. The van der Waals surface area contributed by atoms with E-state index in [4.69, 9.17) is 9.47 Å². The maximum atomic E-state index is 13.1. The van der Waals surface area contributed by atoms with Gasteiger partial charge in [-0.2, -0.15) is 4.31 Å². The van der Waals surface area contributed by atoms with Crippen LogP contribution in [-0.2, 0) is 10.0 Å². The summed E-state index contributed by atoms with van der Waals surface area (Å²) in [5.74, 6) is 1.18. The van der Waals surface area contributed by atoms with Crippen molar-refractivity contribution in [3.05, 3.63) is 47.5 Å². The lowest BCUT2D eigenvalue weighted by Crippen LogP contribution is -2.48. The first-order valence-corrected chi connectivity index (χ1v) is 10.3. The molecule has 0 saturated carbocycles. The van der Waals surface area contributed by atoms with Crippen molar-refractivity contribution in [2.75, 3.05) is 45.3 Å². The van der Waals surface area contributed by atoms with Crippen LogP contribution in [0.1, 0.15) is 11.1 Å².